The third-order valence-electron chi connectivity index (χ3n) is 3.87. The van der Waals surface area contributed by atoms with Crippen molar-refractivity contribution in [2.75, 3.05) is 13.7 Å². The molecule has 0 fully saturated rings. The van der Waals surface area contributed by atoms with Crippen molar-refractivity contribution in [3.8, 4) is 11.5 Å². The van der Waals surface area contributed by atoms with Crippen LogP contribution in [0.15, 0.2) is 57.7 Å². The van der Waals surface area contributed by atoms with E-state index in [4.69, 9.17) is 14.3 Å². The molecule has 6 heteroatoms. The first-order valence-corrected chi connectivity index (χ1v) is 9.36. The smallest absolute Gasteiger partial charge is 0.368 e. The minimum atomic E-state index is -0.482. The summed E-state index contributed by atoms with van der Waals surface area (Å²) < 4.78 is 12.1. The molecule has 1 aliphatic heterocycles. The van der Waals surface area contributed by atoms with Gasteiger partial charge in [-0.3, -0.25) is 0 Å². The third kappa shape index (κ3) is 4.39. The number of hydrogen-bond acceptors (Lipinski definition) is 5. The Balaban J connectivity index is 1.97. The fraction of sp³-hybridized carbons (Fsp3) is 0.238. The van der Waals surface area contributed by atoms with E-state index < -0.39 is 5.97 Å². The SMILES string of the molecule is COc1cc(/C=C2\C(=O)ON=C2c2ccccc2)cc(Br)c1OCC(C)C. The molecule has 0 saturated heterocycles. The average Bonchev–Trinajstić information content (AvgIpc) is 3.01. The van der Waals surface area contributed by atoms with Gasteiger partial charge < -0.3 is 14.3 Å². The molecule has 0 bridgehead atoms. The van der Waals surface area contributed by atoms with Crippen LogP contribution < -0.4 is 9.47 Å². The Labute approximate surface area is 166 Å². The van der Waals surface area contributed by atoms with Crippen molar-refractivity contribution >= 4 is 33.7 Å². The summed E-state index contributed by atoms with van der Waals surface area (Å²) in [5.74, 6) is 1.13. The zero-order valence-electron chi connectivity index (χ0n) is 15.4. The molecule has 27 heavy (non-hydrogen) atoms. The highest BCUT2D eigenvalue weighted by atomic mass is 79.9. The lowest BCUT2D eigenvalue weighted by Crippen LogP contribution is -2.07. The van der Waals surface area contributed by atoms with Crippen molar-refractivity contribution in [2.45, 2.75) is 13.8 Å². The van der Waals surface area contributed by atoms with Gasteiger partial charge in [0.15, 0.2) is 11.5 Å². The van der Waals surface area contributed by atoms with Crippen molar-refractivity contribution in [2.24, 2.45) is 11.1 Å². The summed E-state index contributed by atoms with van der Waals surface area (Å²) in [7, 11) is 1.58. The maximum Gasteiger partial charge on any atom is 0.368 e. The molecule has 5 nitrogen and oxygen atoms in total. The van der Waals surface area contributed by atoms with E-state index in [0.29, 0.717) is 35.3 Å². The highest BCUT2D eigenvalue weighted by Gasteiger charge is 2.27. The predicted molar refractivity (Wildman–Crippen MR) is 108 cm³/mol. The number of carbonyl (C=O) groups excluding carboxylic acids is 1. The third-order valence-corrected chi connectivity index (χ3v) is 4.45. The Morgan fingerprint density at radius 3 is 2.63 bits per heavy atom. The van der Waals surface area contributed by atoms with E-state index in [1.54, 1.807) is 13.2 Å². The van der Waals surface area contributed by atoms with Gasteiger partial charge in [0.05, 0.1) is 23.8 Å². The fourth-order valence-electron chi connectivity index (χ4n) is 2.59. The summed E-state index contributed by atoms with van der Waals surface area (Å²) >= 11 is 3.53. The van der Waals surface area contributed by atoms with Crippen LogP contribution in [0.3, 0.4) is 0 Å². The van der Waals surface area contributed by atoms with Gasteiger partial charge >= 0.3 is 5.97 Å². The van der Waals surface area contributed by atoms with Crippen LogP contribution in [-0.2, 0) is 9.63 Å². The molecule has 0 amide bonds. The second kappa shape index (κ2) is 8.39. The van der Waals surface area contributed by atoms with E-state index in [-0.39, 0.29) is 0 Å². The largest absolute Gasteiger partial charge is 0.493 e. The fourth-order valence-corrected chi connectivity index (χ4v) is 3.17. The van der Waals surface area contributed by atoms with Gasteiger partial charge in [-0.15, -0.1) is 0 Å². The minimum Gasteiger partial charge on any atom is -0.493 e. The van der Waals surface area contributed by atoms with Gasteiger partial charge in [-0.25, -0.2) is 4.79 Å². The molecule has 0 aliphatic carbocycles. The molecular formula is C21H20BrNO4. The molecule has 2 aromatic carbocycles. The van der Waals surface area contributed by atoms with Gasteiger partial charge in [0.1, 0.15) is 5.71 Å². The van der Waals surface area contributed by atoms with Gasteiger partial charge in [0, 0.05) is 5.56 Å². The summed E-state index contributed by atoms with van der Waals surface area (Å²) in [6, 6.07) is 13.1. The molecule has 140 valence electrons. The second-order valence-electron chi connectivity index (χ2n) is 6.48. The van der Waals surface area contributed by atoms with Crippen LogP contribution in [0, 0.1) is 5.92 Å². The summed E-state index contributed by atoms with van der Waals surface area (Å²) in [4.78, 5) is 17.1. The van der Waals surface area contributed by atoms with E-state index in [1.807, 2.05) is 42.5 Å². The first-order valence-electron chi connectivity index (χ1n) is 8.56. The van der Waals surface area contributed by atoms with Crippen LogP contribution in [0.4, 0.5) is 0 Å². The lowest BCUT2D eigenvalue weighted by atomic mass is 10.0. The van der Waals surface area contributed by atoms with E-state index in [1.165, 1.54) is 0 Å². The van der Waals surface area contributed by atoms with Crippen LogP contribution >= 0.6 is 15.9 Å². The van der Waals surface area contributed by atoms with Gasteiger partial charge in [-0.2, -0.15) is 0 Å². The van der Waals surface area contributed by atoms with Gasteiger partial charge in [-0.1, -0.05) is 49.3 Å². The van der Waals surface area contributed by atoms with Crippen molar-refractivity contribution in [1.82, 2.24) is 0 Å². The monoisotopic (exact) mass is 429 g/mol. The quantitative estimate of drug-likeness (QED) is 0.486. The number of methoxy groups -OCH3 is 1. The standard InChI is InChI=1S/C21H20BrNO4/c1-13(2)12-26-20-17(22)10-14(11-18(20)25-3)9-16-19(23-27-21(16)24)15-7-5-4-6-8-15/h4-11,13H,12H2,1-3H3/b16-9-. The van der Waals surface area contributed by atoms with Crippen LogP contribution in [0.25, 0.3) is 6.08 Å². The Bertz CT molecular complexity index is 904. The number of hydrogen-bond donors (Lipinski definition) is 0. The Morgan fingerprint density at radius 2 is 1.96 bits per heavy atom. The number of benzene rings is 2. The number of carbonyl (C=O) groups is 1. The molecule has 0 saturated carbocycles. The molecule has 2 aromatic rings. The number of nitrogens with zero attached hydrogens (tertiary/aromatic N) is 1. The molecule has 0 radical (unpaired) electrons. The van der Waals surface area contributed by atoms with Gasteiger partial charge in [0.2, 0.25) is 0 Å². The lowest BCUT2D eigenvalue weighted by molar-refractivity contribution is -0.136. The van der Waals surface area contributed by atoms with Crippen LogP contribution in [0.1, 0.15) is 25.0 Å². The molecule has 0 aromatic heterocycles. The first kappa shape index (κ1) is 19.2. The molecule has 0 atom stereocenters. The van der Waals surface area contributed by atoms with Crippen molar-refractivity contribution in [1.29, 1.82) is 0 Å². The average molecular weight is 430 g/mol. The number of halogens is 1. The zero-order chi connectivity index (χ0) is 19.4. The van der Waals surface area contributed by atoms with E-state index in [9.17, 15) is 4.79 Å². The molecule has 0 spiro atoms. The molecule has 1 heterocycles. The highest BCUT2D eigenvalue weighted by molar-refractivity contribution is 9.10. The van der Waals surface area contributed by atoms with Crippen molar-refractivity contribution in [3.63, 3.8) is 0 Å². The van der Waals surface area contributed by atoms with Crippen LogP contribution in [-0.4, -0.2) is 25.4 Å². The summed E-state index contributed by atoms with van der Waals surface area (Å²) in [6.07, 6.45) is 1.74. The van der Waals surface area contributed by atoms with E-state index in [2.05, 4.69) is 34.9 Å². The zero-order valence-corrected chi connectivity index (χ0v) is 16.9. The number of oxime groups is 1. The first-order chi connectivity index (χ1) is 13.0. The van der Waals surface area contributed by atoms with Crippen molar-refractivity contribution < 1.29 is 19.1 Å². The molecule has 1 aliphatic rings. The molecule has 0 N–H and O–H groups in total. The van der Waals surface area contributed by atoms with E-state index in [0.717, 1.165) is 15.6 Å². The topological polar surface area (TPSA) is 57.1 Å². The summed E-state index contributed by atoms with van der Waals surface area (Å²) in [6.45, 7) is 4.73. The molecule has 0 unspecified atom stereocenters. The second-order valence-corrected chi connectivity index (χ2v) is 7.34. The highest BCUT2D eigenvalue weighted by Crippen LogP contribution is 2.38. The number of ether oxygens (including phenoxy) is 2. The lowest BCUT2D eigenvalue weighted by Gasteiger charge is -2.15. The Kier molecular flexibility index (Phi) is 5.96. The predicted octanol–water partition coefficient (Wildman–Crippen LogP) is 4.84. The van der Waals surface area contributed by atoms with Crippen LogP contribution in [0.2, 0.25) is 0 Å². The van der Waals surface area contributed by atoms with Crippen molar-refractivity contribution in [3.05, 3.63) is 63.6 Å². The maximum absolute atomic E-state index is 12.2. The Morgan fingerprint density at radius 1 is 1.22 bits per heavy atom. The number of rotatable bonds is 6. The van der Waals surface area contributed by atoms with Gasteiger partial charge in [0.25, 0.3) is 0 Å². The summed E-state index contributed by atoms with van der Waals surface area (Å²) in [5, 5.41) is 3.93. The minimum absolute atomic E-state index is 0.390. The van der Waals surface area contributed by atoms with Gasteiger partial charge in [-0.05, 0) is 45.6 Å². The molecular weight excluding hydrogens is 410 g/mol. The molecule has 3 rings (SSSR count). The van der Waals surface area contributed by atoms with Crippen LogP contribution in [0.5, 0.6) is 11.5 Å². The maximum atomic E-state index is 12.2. The normalized spacial score (nSPS) is 15.1. The Hall–Kier alpha value is -2.60. The summed E-state index contributed by atoms with van der Waals surface area (Å²) in [5.41, 5.74) is 2.49. The van der Waals surface area contributed by atoms with E-state index >= 15 is 0 Å².